The van der Waals surface area contributed by atoms with Gasteiger partial charge in [-0.05, 0) is 36.4 Å². The summed E-state index contributed by atoms with van der Waals surface area (Å²) in [4.78, 5) is 20.6. The van der Waals surface area contributed by atoms with Crippen LogP contribution >= 0.6 is 0 Å². The molecule has 0 atom stereocenters. The van der Waals surface area contributed by atoms with Crippen LogP contribution in [0.25, 0.3) is 11.1 Å². The zero-order valence-corrected chi connectivity index (χ0v) is 13.4. The molecule has 23 heavy (non-hydrogen) atoms. The van der Waals surface area contributed by atoms with E-state index in [9.17, 15) is 4.79 Å². The van der Waals surface area contributed by atoms with Crippen LogP contribution in [0.4, 0.5) is 0 Å². The van der Waals surface area contributed by atoms with E-state index in [0.29, 0.717) is 5.56 Å². The Kier molecular flexibility index (Phi) is 4.69. The van der Waals surface area contributed by atoms with Gasteiger partial charge >= 0.3 is 0 Å². The summed E-state index contributed by atoms with van der Waals surface area (Å²) in [6.45, 7) is 5.20. The summed E-state index contributed by atoms with van der Waals surface area (Å²) in [5.41, 5.74) is 9.04. The molecule has 1 fully saturated rings. The number of rotatable bonds is 4. The van der Waals surface area contributed by atoms with Gasteiger partial charge in [-0.25, -0.2) is 0 Å². The minimum absolute atomic E-state index is 0.407. The van der Waals surface area contributed by atoms with E-state index >= 15 is 0 Å². The van der Waals surface area contributed by atoms with Gasteiger partial charge in [0.15, 0.2) is 0 Å². The summed E-state index contributed by atoms with van der Waals surface area (Å²) in [7, 11) is 2.15. The molecule has 1 aliphatic heterocycles. The maximum atomic E-state index is 11.7. The van der Waals surface area contributed by atoms with Crippen LogP contribution in [0.15, 0.2) is 42.7 Å². The van der Waals surface area contributed by atoms with Crippen molar-refractivity contribution in [3.63, 3.8) is 0 Å². The second kappa shape index (κ2) is 6.89. The van der Waals surface area contributed by atoms with E-state index in [4.69, 9.17) is 5.73 Å². The molecule has 1 amide bonds. The van der Waals surface area contributed by atoms with Crippen molar-refractivity contribution in [3.8, 4) is 11.1 Å². The first-order chi connectivity index (χ1) is 11.1. The predicted molar refractivity (Wildman–Crippen MR) is 91.0 cm³/mol. The number of carbonyl (C=O) groups is 1. The van der Waals surface area contributed by atoms with Crippen LogP contribution in [0.5, 0.6) is 0 Å². The van der Waals surface area contributed by atoms with Crippen LogP contribution in [-0.4, -0.2) is 53.9 Å². The van der Waals surface area contributed by atoms with Crippen molar-refractivity contribution in [2.24, 2.45) is 5.73 Å². The van der Waals surface area contributed by atoms with Gasteiger partial charge in [0, 0.05) is 56.2 Å². The molecule has 5 nitrogen and oxygen atoms in total. The van der Waals surface area contributed by atoms with E-state index in [0.717, 1.165) is 43.9 Å². The minimum Gasteiger partial charge on any atom is -0.366 e. The highest BCUT2D eigenvalue weighted by atomic mass is 16.1. The number of nitrogens with two attached hydrogens (primary N) is 1. The number of primary amides is 1. The standard InChI is InChI=1S/C18H22N4O/c1-21-7-9-22(10-8-21)13-14-4-5-16(18(19)23)17(11-14)15-3-2-6-20-12-15/h2-6,11-12H,7-10,13H2,1H3,(H2,19,23). The van der Waals surface area contributed by atoms with Gasteiger partial charge in [0.1, 0.15) is 0 Å². The first-order valence-corrected chi connectivity index (χ1v) is 7.87. The first kappa shape index (κ1) is 15.6. The molecule has 1 aromatic carbocycles. The number of pyridine rings is 1. The average molecular weight is 310 g/mol. The average Bonchev–Trinajstić information content (AvgIpc) is 2.57. The van der Waals surface area contributed by atoms with Gasteiger partial charge in [-0.3, -0.25) is 14.7 Å². The van der Waals surface area contributed by atoms with Crippen LogP contribution in [0.3, 0.4) is 0 Å². The highest BCUT2D eigenvalue weighted by Gasteiger charge is 2.16. The third kappa shape index (κ3) is 3.75. The fourth-order valence-corrected chi connectivity index (χ4v) is 2.93. The molecular formula is C18H22N4O. The molecule has 2 N–H and O–H groups in total. The molecule has 1 aromatic heterocycles. The second-order valence-corrected chi connectivity index (χ2v) is 6.07. The van der Waals surface area contributed by atoms with E-state index < -0.39 is 5.91 Å². The van der Waals surface area contributed by atoms with Gasteiger partial charge in [-0.1, -0.05) is 12.1 Å². The number of aromatic nitrogens is 1. The van der Waals surface area contributed by atoms with Crippen molar-refractivity contribution in [1.82, 2.24) is 14.8 Å². The number of carbonyl (C=O) groups excluding carboxylic acids is 1. The lowest BCUT2D eigenvalue weighted by Gasteiger charge is -2.32. The summed E-state index contributed by atoms with van der Waals surface area (Å²) < 4.78 is 0. The Labute approximate surface area is 136 Å². The Morgan fingerprint density at radius 3 is 2.65 bits per heavy atom. The first-order valence-electron chi connectivity index (χ1n) is 7.87. The lowest BCUT2D eigenvalue weighted by molar-refractivity contribution is 0.100. The van der Waals surface area contributed by atoms with Gasteiger partial charge < -0.3 is 10.6 Å². The van der Waals surface area contributed by atoms with E-state index in [2.05, 4.69) is 27.9 Å². The zero-order chi connectivity index (χ0) is 16.2. The molecule has 2 heterocycles. The molecular weight excluding hydrogens is 288 g/mol. The largest absolute Gasteiger partial charge is 0.366 e. The monoisotopic (exact) mass is 310 g/mol. The lowest BCUT2D eigenvalue weighted by Crippen LogP contribution is -2.43. The number of piperazine rings is 1. The van der Waals surface area contributed by atoms with Gasteiger partial charge in [-0.15, -0.1) is 0 Å². The van der Waals surface area contributed by atoms with Gasteiger partial charge in [0.2, 0.25) is 5.91 Å². The third-order valence-electron chi connectivity index (χ3n) is 4.32. The maximum absolute atomic E-state index is 11.7. The van der Waals surface area contributed by atoms with Crippen molar-refractivity contribution < 1.29 is 4.79 Å². The quantitative estimate of drug-likeness (QED) is 0.931. The molecule has 0 radical (unpaired) electrons. The Bertz CT molecular complexity index is 679. The third-order valence-corrected chi connectivity index (χ3v) is 4.32. The van der Waals surface area contributed by atoms with Crippen molar-refractivity contribution in [2.75, 3.05) is 33.2 Å². The Morgan fingerprint density at radius 2 is 2.00 bits per heavy atom. The zero-order valence-electron chi connectivity index (χ0n) is 13.4. The highest BCUT2D eigenvalue weighted by molar-refractivity contribution is 5.99. The molecule has 5 heteroatoms. The van der Waals surface area contributed by atoms with Gasteiger partial charge in [0.05, 0.1) is 0 Å². The molecule has 0 spiro atoms. The Morgan fingerprint density at radius 1 is 1.22 bits per heavy atom. The van der Waals surface area contributed by atoms with E-state index in [1.54, 1.807) is 12.4 Å². The smallest absolute Gasteiger partial charge is 0.249 e. The number of likely N-dealkylation sites (N-methyl/N-ethyl adjacent to an activating group) is 1. The molecule has 120 valence electrons. The second-order valence-electron chi connectivity index (χ2n) is 6.07. The highest BCUT2D eigenvalue weighted by Crippen LogP contribution is 2.25. The lowest BCUT2D eigenvalue weighted by atomic mass is 9.97. The number of hydrogen-bond acceptors (Lipinski definition) is 4. The molecule has 2 aromatic rings. The predicted octanol–water partition coefficient (Wildman–Crippen LogP) is 1.59. The fourth-order valence-electron chi connectivity index (χ4n) is 2.93. The molecule has 0 unspecified atom stereocenters. The molecule has 1 aliphatic rings. The normalized spacial score (nSPS) is 16.4. The number of hydrogen-bond donors (Lipinski definition) is 1. The molecule has 0 bridgehead atoms. The fraction of sp³-hybridized carbons (Fsp3) is 0.333. The topological polar surface area (TPSA) is 62.5 Å². The summed E-state index contributed by atoms with van der Waals surface area (Å²) >= 11 is 0. The number of nitrogens with zero attached hydrogens (tertiary/aromatic N) is 3. The number of amides is 1. The molecule has 1 saturated heterocycles. The molecule has 0 saturated carbocycles. The van der Waals surface area contributed by atoms with Crippen LogP contribution in [0.2, 0.25) is 0 Å². The van der Waals surface area contributed by atoms with Crippen molar-refractivity contribution >= 4 is 5.91 Å². The van der Waals surface area contributed by atoms with Crippen LogP contribution in [-0.2, 0) is 6.54 Å². The van der Waals surface area contributed by atoms with E-state index in [1.807, 2.05) is 24.3 Å². The van der Waals surface area contributed by atoms with E-state index in [1.165, 1.54) is 5.56 Å². The SMILES string of the molecule is CN1CCN(Cc2ccc(C(N)=O)c(-c3cccnc3)c2)CC1. The van der Waals surface area contributed by atoms with Crippen molar-refractivity contribution in [3.05, 3.63) is 53.9 Å². The Balaban J connectivity index is 1.87. The number of benzene rings is 1. The minimum atomic E-state index is -0.407. The van der Waals surface area contributed by atoms with Gasteiger partial charge in [0.25, 0.3) is 0 Å². The summed E-state index contributed by atoms with van der Waals surface area (Å²) in [6.07, 6.45) is 3.49. The van der Waals surface area contributed by atoms with Crippen LogP contribution < -0.4 is 5.73 Å². The maximum Gasteiger partial charge on any atom is 0.249 e. The summed E-state index contributed by atoms with van der Waals surface area (Å²) in [6, 6.07) is 9.71. The van der Waals surface area contributed by atoms with Crippen LogP contribution in [0.1, 0.15) is 15.9 Å². The summed E-state index contributed by atoms with van der Waals surface area (Å²) in [5.74, 6) is -0.407. The Hall–Kier alpha value is -2.24. The summed E-state index contributed by atoms with van der Waals surface area (Å²) in [5, 5.41) is 0. The van der Waals surface area contributed by atoms with Gasteiger partial charge in [-0.2, -0.15) is 0 Å². The van der Waals surface area contributed by atoms with Crippen molar-refractivity contribution in [2.45, 2.75) is 6.54 Å². The van der Waals surface area contributed by atoms with Crippen LogP contribution in [0, 0.1) is 0 Å². The molecule has 3 rings (SSSR count). The van der Waals surface area contributed by atoms with E-state index in [-0.39, 0.29) is 0 Å². The van der Waals surface area contributed by atoms with Crippen molar-refractivity contribution in [1.29, 1.82) is 0 Å². The molecule has 0 aliphatic carbocycles.